The first kappa shape index (κ1) is 12.2. The van der Waals surface area contributed by atoms with E-state index in [1.165, 1.54) is 25.5 Å². The Labute approximate surface area is 101 Å². The summed E-state index contributed by atoms with van der Waals surface area (Å²) in [5, 5.41) is 2.77. The number of ether oxygens (including phenoxy) is 1. The van der Waals surface area contributed by atoms with Crippen molar-refractivity contribution in [3.63, 3.8) is 0 Å². The first-order valence-corrected chi connectivity index (χ1v) is 6.29. The Bertz CT molecular complexity index is 328. The van der Waals surface area contributed by atoms with Crippen LogP contribution in [0.3, 0.4) is 0 Å². The lowest BCUT2D eigenvalue weighted by Crippen LogP contribution is -2.29. The molecule has 4 heteroatoms. The molecule has 0 radical (unpaired) electrons. The first-order valence-electron chi connectivity index (χ1n) is 6.29. The Morgan fingerprint density at radius 2 is 2.24 bits per heavy atom. The van der Waals surface area contributed by atoms with Crippen LogP contribution in [0.4, 0.5) is 0 Å². The van der Waals surface area contributed by atoms with Crippen LogP contribution in [-0.2, 0) is 4.74 Å². The lowest BCUT2D eigenvalue weighted by atomic mass is 9.98. The molecule has 0 saturated heterocycles. The number of nitrogens with one attached hydrogen (secondary N) is 1. The molecule has 0 atom stereocenters. The number of carbonyl (C=O) groups excluding carboxylic acids is 1. The molecular weight excluding hydrogens is 218 g/mol. The number of carbonyl (C=O) groups is 1. The maximum Gasteiger partial charge on any atom is 0.287 e. The topological polar surface area (TPSA) is 51.5 Å². The Balaban J connectivity index is 1.58. The van der Waals surface area contributed by atoms with E-state index in [9.17, 15) is 4.79 Å². The fourth-order valence-electron chi connectivity index (χ4n) is 2.12. The SMILES string of the molecule is O=C(NCCOC1CCCCC1)c1ccco1. The molecule has 0 aliphatic heterocycles. The molecule has 1 aliphatic rings. The summed E-state index contributed by atoms with van der Waals surface area (Å²) >= 11 is 0. The molecule has 0 spiro atoms. The van der Waals surface area contributed by atoms with E-state index in [0.717, 1.165) is 12.8 Å². The van der Waals surface area contributed by atoms with Crippen LogP contribution in [0.2, 0.25) is 0 Å². The fourth-order valence-corrected chi connectivity index (χ4v) is 2.12. The fraction of sp³-hybridized carbons (Fsp3) is 0.615. The predicted octanol–water partition coefficient (Wildman–Crippen LogP) is 2.36. The second kappa shape index (κ2) is 6.45. The van der Waals surface area contributed by atoms with E-state index in [1.807, 2.05) is 0 Å². The molecule has 0 bridgehead atoms. The van der Waals surface area contributed by atoms with Gasteiger partial charge in [0.2, 0.25) is 0 Å². The summed E-state index contributed by atoms with van der Waals surface area (Å²) in [5.74, 6) is 0.171. The molecule has 1 heterocycles. The summed E-state index contributed by atoms with van der Waals surface area (Å²) in [6.07, 6.45) is 8.07. The Morgan fingerprint density at radius 1 is 1.41 bits per heavy atom. The average molecular weight is 237 g/mol. The van der Waals surface area contributed by atoms with E-state index in [0.29, 0.717) is 25.0 Å². The highest BCUT2D eigenvalue weighted by Crippen LogP contribution is 2.19. The zero-order valence-electron chi connectivity index (χ0n) is 9.98. The van der Waals surface area contributed by atoms with Crippen LogP contribution < -0.4 is 5.32 Å². The van der Waals surface area contributed by atoms with Crippen molar-refractivity contribution < 1.29 is 13.9 Å². The predicted molar refractivity (Wildman–Crippen MR) is 63.9 cm³/mol. The number of hydrogen-bond acceptors (Lipinski definition) is 3. The number of rotatable bonds is 5. The second-order valence-electron chi connectivity index (χ2n) is 4.36. The minimum absolute atomic E-state index is 0.178. The van der Waals surface area contributed by atoms with Crippen molar-refractivity contribution in [1.82, 2.24) is 5.32 Å². The third kappa shape index (κ3) is 3.89. The monoisotopic (exact) mass is 237 g/mol. The van der Waals surface area contributed by atoms with E-state index in [-0.39, 0.29) is 5.91 Å². The van der Waals surface area contributed by atoms with Crippen LogP contribution in [0.15, 0.2) is 22.8 Å². The van der Waals surface area contributed by atoms with Gasteiger partial charge >= 0.3 is 0 Å². The molecule has 1 aliphatic carbocycles. The molecule has 1 fully saturated rings. The minimum Gasteiger partial charge on any atom is -0.459 e. The molecule has 1 aromatic heterocycles. The van der Waals surface area contributed by atoms with Crippen molar-refractivity contribution in [3.8, 4) is 0 Å². The minimum atomic E-state index is -0.178. The van der Waals surface area contributed by atoms with Gasteiger partial charge in [0, 0.05) is 6.54 Å². The highest BCUT2D eigenvalue weighted by atomic mass is 16.5. The molecule has 1 aromatic rings. The molecule has 0 aromatic carbocycles. The smallest absolute Gasteiger partial charge is 0.287 e. The molecule has 94 valence electrons. The van der Waals surface area contributed by atoms with Gasteiger partial charge in [0.15, 0.2) is 5.76 Å². The molecule has 1 amide bonds. The number of furan rings is 1. The normalized spacial score (nSPS) is 16.9. The van der Waals surface area contributed by atoms with Gasteiger partial charge in [0.25, 0.3) is 5.91 Å². The third-order valence-corrected chi connectivity index (χ3v) is 3.04. The van der Waals surface area contributed by atoms with Gasteiger partial charge in [-0.2, -0.15) is 0 Å². The third-order valence-electron chi connectivity index (χ3n) is 3.04. The zero-order chi connectivity index (χ0) is 11.9. The maximum absolute atomic E-state index is 11.5. The molecule has 0 unspecified atom stereocenters. The summed E-state index contributed by atoms with van der Waals surface area (Å²) in [6, 6.07) is 3.35. The van der Waals surface area contributed by atoms with Crippen molar-refractivity contribution in [1.29, 1.82) is 0 Å². The van der Waals surface area contributed by atoms with Gasteiger partial charge in [0.1, 0.15) is 0 Å². The van der Waals surface area contributed by atoms with E-state index in [4.69, 9.17) is 9.15 Å². The zero-order valence-corrected chi connectivity index (χ0v) is 9.98. The highest BCUT2D eigenvalue weighted by molar-refractivity contribution is 5.91. The van der Waals surface area contributed by atoms with Crippen LogP contribution in [0.25, 0.3) is 0 Å². The van der Waals surface area contributed by atoms with Crippen molar-refractivity contribution in [2.45, 2.75) is 38.2 Å². The van der Waals surface area contributed by atoms with E-state index in [2.05, 4.69) is 5.32 Å². The van der Waals surface area contributed by atoms with Crippen LogP contribution >= 0.6 is 0 Å². The highest BCUT2D eigenvalue weighted by Gasteiger charge is 2.13. The number of amides is 1. The van der Waals surface area contributed by atoms with Gasteiger partial charge in [-0.3, -0.25) is 4.79 Å². The van der Waals surface area contributed by atoms with Crippen LogP contribution in [0.5, 0.6) is 0 Å². The molecular formula is C13H19NO3. The molecule has 1 saturated carbocycles. The molecule has 1 N–H and O–H groups in total. The summed E-state index contributed by atoms with van der Waals surface area (Å²) in [7, 11) is 0. The standard InChI is InChI=1S/C13H19NO3/c15-13(12-7-4-9-17-12)14-8-10-16-11-5-2-1-3-6-11/h4,7,9,11H,1-3,5-6,8,10H2,(H,14,15). The second-order valence-corrected chi connectivity index (χ2v) is 4.36. The van der Waals surface area contributed by atoms with Crippen LogP contribution in [-0.4, -0.2) is 25.2 Å². The van der Waals surface area contributed by atoms with Gasteiger partial charge in [-0.1, -0.05) is 19.3 Å². The Hall–Kier alpha value is -1.29. The quantitative estimate of drug-likeness (QED) is 0.800. The number of hydrogen-bond donors (Lipinski definition) is 1. The van der Waals surface area contributed by atoms with Gasteiger partial charge in [-0.05, 0) is 25.0 Å². The maximum atomic E-state index is 11.5. The van der Waals surface area contributed by atoms with Gasteiger partial charge < -0.3 is 14.5 Å². The average Bonchev–Trinajstić information content (AvgIpc) is 2.89. The van der Waals surface area contributed by atoms with Crippen molar-refractivity contribution in [3.05, 3.63) is 24.2 Å². The largest absolute Gasteiger partial charge is 0.459 e. The van der Waals surface area contributed by atoms with Crippen molar-refractivity contribution >= 4 is 5.91 Å². The van der Waals surface area contributed by atoms with Crippen LogP contribution in [0, 0.1) is 0 Å². The molecule has 4 nitrogen and oxygen atoms in total. The van der Waals surface area contributed by atoms with Gasteiger partial charge in [0.05, 0.1) is 19.0 Å². The van der Waals surface area contributed by atoms with Crippen molar-refractivity contribution in [2.24, 2.45) is 0 Å². The Kier molecular flexibility index (Phi) is 4.62. The van der Waals surface area contributed by atoms with E-state index in [1.54, 1.807) is 12.1 Å². The van der Waals surface area contributed by atoms with Crippen molar-refractivity contribution in [2.75, 3.05) is 13.2 Å². The first-order chi connectivity index (χ1) is 8.36. The lowest BCUT2D eigenvalue weighted by molar-refractivity contribution is 0.0298. The Morgan fingerprint density at radius 3 is 2.94 bits per heavy atom. The summed E-state index contributed by atoms with van der Waals surface area (Å²) in [5.41, 5.74) is 0. The summed E-state index contributed by atoms with van der Waals surface area (Å²) in [4.78, 5) is 11.5. The summed E-state index contributed by atoms with van der Waals surface area (Å²) < 4.78 is 10.7. The lowest BCUT2D eigenvalue weighted by Gasteiger charge is -2.21. The van der Waals surface area contributed by atoms with Gasteiger partial charge in [-0.15, -0.1) is 0 Å². The molecule has 2 rings (SSSR count). The molecule has 17 heavy (non-hydrogen) atoms. The van der Waals surface area contributed by atoms with E-state index < -0.39 is 0 Å². The van der Waals surface area contributed by atoms with E-state index >= 15 is 0 Å². The van der Waals surface area contributed by atoms with Gasteiger partial charge in [-0.25, -0.2) is 0 Å². The summed E-state index contributed by atoms with van der Waals surface area (Å²) in [6.45, 7) is 1.12. The van der Waals surface area contributed by atoms with Crippen LogP contribution in [0.1, 0.15) is 42.7 Å².